The molecule has 1 unspecified atom stereocenters. The second-order valence-electron chi connectivity index (χ2n) is 8.50. The fourth-order valence-corrected chi connectivity index (χ4v) is 4.03. The van der Waals surface area contributed by atoms with E-state index in [0.717, 1.165) is 5.57 Å². The topological polar surface area (TPSA) is 68.9 Å². The molecule has 5 rings (SSSR count). The highest BCUT2D eigenvalue weighted by Crippen LogP contribution is 2.46. The molecule has 2 aliphatic heterocycles. The van der Waals surface area contributed by atoms with Gasteiger partial charge in [0.2, 0.25) is 5.43 Å². The van der Waals surface area contributed by atoms with Crippen molar-refractivity contribution in [3.05, 3.63) is 69.4 Å². The minimum Gasteiger partial charge on any atom is -0.507 e. The Morgan fingerprint density at radius 2 is 1.93 bits per heavy atom. The van der Waals surface area contributed by atoms with Gasteiger partial charge in [0.1, 0.15) is 40.1 Å². The number of aromatic hydroxyl groups is 1. The van der Waals surface area contributed by atoms with Crippen LogP contribution < -0.4 is 14.9 Å². The van der Waals surface area contributed by atoms with E-state index >= 15 is 0 Å². The van der Waals surface area contributed by atoms with Gasteiger partial charge in [0.15, 0.2) is 5.58 Å². The molecular formula is C25H22O5. The Kier molecular flexibility index (Phi) is 3.87. The van der Waals surface area contributed by atoms with Gasteiger partial charge in [-0.25, -0.2) is 0 Å². The fourth-order valence-electron chi connectivity index (χ4n) is 4.03. The van der Waals surface area contributed by atoms with Gasteiger partial charge in [-0.15, -0.1) is 0 Å². The van der Waals surface area contributed by atoms with Crippen molar-refractivity contribution < 1.29 is 19.0 Å². The summed E-state index contributed by atoms with van der Waals surface area (Å²) in [5.41, 5.74) is 2.25. The van der Waals surface area contributed by atoms with Gasteiger partial charge < -0.3 is 19.0 Å². The normalized spacial score (nSPS) is 17.9. The highest BCUT2D eigenvalue weighted by Gasteiger charge is 2.33. The van der Waals surface area contributed by atoms with Gasteiger partial charge in [0, 0.05) is 6.07 Å². The van der Waals surface area contributed by atoms with E-state index in [4.69, 9.17) is 13.9 Å². The van der Waals surface area contributed by atoms with Gasteiger partial charge in [-0.1, -0.05) is 17.7 Å². The van der Waals surface area contributed by atoms with Crippen molar-refractivity contribution in [2.75, 3.05) is 0 Å². The first-order valence-electron chi connectivity index (χ1n) is 9.91. The van der Waals surface area contributed by atoms with Crippen LogP contribution in [0.2, 0.25) is 0 Å². The maximum absolute atomic E-state index is 13.6. The third kappa shape index (κ3) is 2.73. The van der Waals surface area contributed by atoms with Crippen LogP contribution in [0.1, 0.15) is 44.9 Å². The lowest BCUT2D eigenvalue weighted by molar-refractivity contribution is 0.158. The van der Waals surface area contributed by atoms with E-state index in [9.17, 15) is 9.90 Å². The fraction of sp³-hybridized carbons (Fsp3) is 0.240. The quantitative estimate of drug-likeness (QED) is 0.525. The van der Waals surface area contributed by atoms with Crippen molar-refractivity contribution in [1.29, 1.82) is 0 Å². The van der Waals surface area contributed by atoms with Crippen LogP contribution in [-0.4, -0.2) is 10.7 Å². The van der Waals surface area contributed by atoms with Crippen molar-refractivity contribution in [3.63, 3.8) is 0 Å². The van der Waals surface area contributed by atoms with Crippen molar-refractivity contribution in [1.82, 2.24) is 0 Å². The zero-order chi connectivity index (χ0) is 21.2. The van der Waals surface area contributed by atoms with Crippen LogP contribution in [0.15, 0.2) is 57.3 Å². The first kappa shape index (κ1) is 18.6. The Labute approximate surface area is 173 Å². The first-order chi connectivity index (χ1) is 14.2. The molecule has 0 amide bonds. The number of ether oxygens (including phenoxy) is 2. The van der Waals surface area contributed by atoms with E-state index in [1.165, 1.54) is 6.07 Å². The minimum absolute atomic E-state index is 0.135. The molecule has 0 bridgehead atoms. The maximum Gasteiger partial charge on any atom is 0.204 e. The molecule has 2 aromatic carbocycles. The van der Waals surface area contributed by atoms with Crippen molar-refractivity contribution in [3.8, 4) is 28.6 Å². The summed E-state index contributed by atoms with van der Waals surface area (Å²) in [7, 11) is 0. The Hall–Kier alpha value is -3.47. The Balaban J connectivity index is 1.90. The largest absolute Gasteiger partial charge is 0.507 e. The number of hydrogen-bond donors (Lipinski definition) is 1. The molecule has 0 fully saturated rings. The molecule has 0 saturated carbocycles. The van der Waals surface area contributed by atoms with Crippen LogP contribution in [0.5, 0.6) is 17.2 Å². The maximum atomic E-state index is 13.6. The smallest absolute Gasteiger partial charge is 0.204 e. The number of allylic oxidation sites excluding steroid dienone is 1. The predicted octanol–water partition coefficient (Wildman–Crippen LogP) is 5.75. The number of para-hydroxylation sites is 1. The molecule has 0 spiro atoms. The molecule has 1 N–H and O–H groups in total. The molecule has 30 heavy (non-hydrogen) atoms. The molecule has 0 radical (unpaired) electrons. The molecule has 3 aromatic rings. The van der Waals surface area contributed by atoms with E-state index < -0.39 is 11.7 Å². The second kappa shape index (κ2) is 6.26. The summed E-state index contributed by atoms with van der Waals surface area (Å²) in [6, 6.07) is 8.97. The lowest BCUT2D eigenvalue weighted by Gasteiger charge is -2.29. The Bertz CT molecular complexity index is 1320. The average Bonchev–Trinajstić information content (AvgIpc) is 2.66. The van der Waals surface area contributed by atoms with E-state index in [-0.39, 0.29) is 16.6 Å². The van der Waals surface area contributed by atoms with Crippen LogP contribution in [0.25, 0.3) is 28.4 Å². The van der Waals surface area contributed by atoms with E-state index in [0.29, 0.717) is 39.5 Å². The molecular weight excluding hydrogens is 380 g/mol. The van der Waals surface area contributed by atoms with Crippen LogP contribution in [-0.2, 0) is 0 Å². The summed E-state index contributed by atoms with van der Waals surface area (Å²) < 4.78 is 18.5. The zero-order valence-electron chi connectivity index (χ0n) is 17.3. The highest BCUT2D eigenvalue weighted by atomic mass is 16.5. The summed E-state index contributed by atoms with van der Waals surface area (Å²) >= 11 is 0. The minimum atomic E-state index is -0.596. The summed E-state index contributed by atoms with van der Waals surface area (Å²) in [4.78, 5) is 13.6. The van der Waals surface area contributed by atoms with Gasteiger partial charge in [-0.2, -0.15) is 0 Å². The first-order valence-corrected chi connectivity index (χ1v) is 9.91. The molecule has 1 aromatic heterocycles. The monoisotopic (exact) mass is 402 g/mol. The molecule has 0 saturated heterocycles. The van der Waals surface area contributed by atoms with Gasteiger partial charge >= 0.3 is 0 Å². The Morgan fingerprint density at radius 1 is 1.17 bits per heavy atom. The summed E-state index contributed by atoms with van der Waals surface area (Å²) in [5.74, 6) is 1.43. The third-order valence-corrected chi connectivity index (χ3v) is 5.36. The summed E-state index contributed by atoms with van der Waals surface area (Å²) in [5, 5.41) is 10.9. The van der Waals surface area contributed by atoms with E-state index in [1.54, 1.807) is 0 Å². The van der Waals surface area contributed by atoms with Crippen LogP contribution in [0.3, 0.4) is 0 Å². The van der Waals surface area contributed by atoms with Gasteiger partial charge in [-0.05, 0) is 58.1 Å². The van der Waals surface area contributed by atoms with E-state index in [2.05, 4.69) is 0 Å². The third-order valence-electron chi connectivity index (χ3n) is 5.36. The molecule has 152 valence electrons. The number of hydrogen-bond acceptors (Lipinski definition) is 5. The van der Waals surface area contributed by atoms with Crippen molar-refractivity contribution >= 4 is 17.0 Å². The number of fused-ring (bicyclic) bond motifs is 6. The lowest BCUT2D eigenvalue weighted by Crippen LogP contribution is -2.28. The number of phenols is 1. The van der Waals surface area contributed by atoms with Gasteiger partial charge in [-0.3, -0.25) is 4.79 Å². The lowest BCUT2D eigenvalue weighted by atomic mass is 9.94. The standard InChI is InChI=1S/C25H22O5/c1-13(2)11-19-21-22(27)20-16(26)12-18-15(9-10-25(3,4)30-18)23(20)29-24(21)14-7-5-6-8-17(14)28-19/h5-12,19,26H,1-4H3. The van der Waals surface area contributed by atoms with Crippen LogP contribution >= 0.6 is 0 Å². The molecule has 5 heteroatoms. The molecule has 1 atom stereocenters. The number of benzene rings is 2. The average molecular weight is 402 g/mol. The summed E-state index contributed by atoms with van der Waals surface area (Å²) in [6.45, 7) is 7.75. The molecule has 0 aliphatic carbocycles. The summed E-state index contributed by atoms with van der Waals surface area (Å²) in [6.07, 6.45) is 5.09. The van der Waals surface area contributed by atoms with Crippen molar-refractivity contribution in [2.45, 2.75) is 39.4 Å². The second-order valence-corrected chi connectivity index (χ2v) is 8.50. The van der Waals surface area contributed by atoms with Crippen LogP contribution in [0.4, 0.5) is 0 Å². The van der Waals surface area contributed by atoms with Crippen LogP contribution in [0, 0.1) is 0 Å². The molecule has 5 nitrogen and oxygen atoms in total. The molecule has 2 aliphatic rings. The number of phenolic OH excluding ortho intramolecular Hbond substituents is 1. The SMILES string of the molecule is CC(C)=CC1Oc2ccccc2-c2oc3c4c(cc(O)c3c(=O)c21)OC(C)(C)C=C4. The highest BCUT2D eigenvalue weighted by molar-refractivity contribution is 5.95. The number of rotatable bonds is 1. The van der Waals surface area contributed by atoms with Gasteiger partial charge in [0.25, 0.3) is 0 Å². The van der Waals surface area contributed by atoms with Gasteiger partial charge in [0.05, 0.1) is 16.7 Å². The molecule has 3 heterocycles. The Morgan fingerprint density at radius 3 is 2.70 bits per heavy atom. The van der Waals surface area contributed by atoms with E-state index in [1.807, 2.05) is 70.2 Å². The predicted molar refractivity (Wildman–Crippen MR) is 116 cm³/mol. The van der Waals surface area contributed by atoms with Crippen molar-refractivity contribution in [2.24, 2.45) is 0 Å². The zero-order valence-corrected chi connectivity index (χ0v) is 17.3.